The number of rotatable bonds is 6. The maximum Gasteiger partial charge on any atom is 0.313 e. The molecule has 4 rings (SSSR count). The molecule has 170 valence electrons. The highest BCUT2D eigenvalue weighted by Gasteiger charge is 2.27. The summed E-state index contributed by atoms with van der Waals surface area (Å²) in [5, 5.41) is 5.41. The Bertz CT molecular complexity index is 975. The number of carbonyl (C=O) groups excluding carboxylic acids is 2. The normalized spacial score (nSPS) is 16.9. The summed E-state index contributed by atoms with van der Waals surface area (Å²) in [5.41, 5.74) is 1.50. The molecule has 2 aliphatic heterocycles. The van der Waals surface area contributed by atoms with E-state index in [1.807, 2.05) is 18.2 Å². The van der Waals surface area contributed by atoms with Gasteiger partial charge in [0.1, 0.15) is 5.75 Å². The first-order valence-electron chi connectivity index (χ1n) is 10.6. The molecule has 0 aromatic heterocycles. The van der Waals surface area contributed by atoms with Gasteiger partial charge < -0.3 is 29.7 Å². The summed E-state index contributed by atoms with van der Waals surface area (Å²) in [6, 6.07) is 12.6. The number of fused-ring (bicyclic) bond motifs is 1. The van der Waals surface area contributed by atoms with Crippen LogP contribution in [0.25, 0.3) is 0 Å². The fraction of sp³-hybridized carbons (Fsp3) is 0.391. The van der Waals surface area contributed by atoms with E-state index in [1.54, 1.807) is 31.4 Å². The van der Waals surface area contributed by atoms with Crippen molar-refractivity contribution in [3.8, 4) is 17.2 Å². The van der Waals surface area contributed by atoms with Gasteiger partial charge in [0.15, 0.2) is 11.5 Å². The van der Waals surface area contributed by atoms with Crippen molar-refractivity contribution in [1.82, 2.24) is 15.1 Å². The summed E-state index contributed by atoms with van der Waals surface area (Å²) >= 11 is 0. The van der Waals surface area contributed by atoms with E-state index in [0.29, 0.717) is 29.5 Å². The lowest BCUT2D eigenvalue weighted by atomic mass is 10.0. The zero-order chi connectivity index (χ0) is 22.5. The highest BCUT2D eigenvalue weighted by Crippen LogP contribution is 2.35. The number of hydrogen-bond donors (Lipinski definition) is 2. The van der Waals surface area contributed by atoms with E-state index in [4.69, 9.17) is 14.2 Å². The van der Waals surface area contributed by atoms with Crippen LogP contribution in [0.3, 0.4) is 0 Å². The monoisotopic (exact) mass is 440 g/mol. The zero-order valence-corrected chi connectivity index (χ0v) is 18.3. The first-order chi connectivity index (χ1) is 15.5. The molecule has 0 radical (unpaired) electrons. The topological polar surface area (TPSA) is 92.4 Å². The van der Waals surface area contributed by atoms with Gasteiger partial charge in [0.05, 0.1) is 13.2 Å². The van der Waals surface area contributed by atoms with Gasteiger partial charge in [-0.25, -0.2) is 0 Å². The van der Waals surface area contributed by atoms with Crippen LogP contribution in [0, 0.1) is 0 Å². The molecule has 0 spiro atoms. The van der Waals surface area contributed by atoms with Crippen molar-refractivity contribution >= 4 is 17.5 Å². The van der Waals surface area contributed by atoms with Crippen molar-refractivity contribution in [2.24, 2.45) is 0 Å². The molecular weight excluding hydrogens is 412 g/mol. The average molecular weight is 441 g/mol. The van der Waals surface area contributed by atoms with Crippen LogP contribution in [0.4, 0.5) is 5.69 Å². The fourth-order valence-electron chi connectivity index (χ4n) is 3.87. The van der Waals surface area contributed by atoms with Gasteiger partial charge in [-0.15, -0.1) is 0 Å². The van der Waals surface area contributed by atoms with Crippen molar-refractivity contribution in [3.63, 3.8) is 0 Å². The lowest BCUT2D eigenvalue weighted by Crippen LogP contribution is -2.49. The molecule has 0 unspecified atom stereocenters. The number of anilines is 1. The van der Waals surface area contributed by atoms with Gasteiger partial charge >= 0.3 is 11.8 Å². The predicted octanol–water partition coefficient (Wildman–Crippen LogP) is 1.47. The number of carbonyl (C=O) groups is 2. The first kappa shape index (κ1) is 21.9. The van der Waals surface area contributed by atoms with Crippen molar-refractivity contribution in [2.75, 3.05) is 59.0 Å². The standard InChI is InChI=1S/C23H28N4O5/c1-26-8-10-27(11-9-26)19(16-6-7-20-21(12-16)32-15-31-20)14-24-22(28)23(29)25-17-4-3-5-18(13-17)30-2/h3-7,12-13,19H,8-11,14-15H2,1-2H3,(H,24,28)(H,25,29)/t19-/m0/s1. The molecule has 2 N–H and O–H groups in total. The molecule has 2 aromatic carbocycles. The summed E-state index contributed by atoms with van der Waals surface area (Å²) in [7, 11) is 3.64. The second-order valence-electron chi connectivity index (χ2n) is 7.86. The number of methoxy groups -OCH3 is 1. The molecule has 2 amide bonds. The number of amides is 2. The first-order valence-corrected chi connectivity index (χ1v) is 10.6. The third kappa shape index (κ3) is 5.12. The molecule has 1 saturated heterocycles. The Hall–Kier alpha value is -3.30. The predicted molar refractivity (Wildman–Crippen MR) is 119 cm³/mol. The van der Waals surface area contributed by atoms with E-state index in [9.17, 15) is 9.59 Å². The third-order valence-corrected chi connectivity index (χ3v) is 5.75. The van der Waals surface area contributed by atoms with E-state index in [2.05, 4.69) is 27.5 Å². The number of nitrogens with zero attached hydrogens (tertiary/aromatic N) is 2. The largest absolute Gasteiger partial charge is 0.497 e. The SMILES string of the molecule is COc1cccc(NC(=O)C(=O)NC[C@@H](c2ccc3c(c2)OCO3)N2CCN(C)CC2)c1. The second-order valence-corrected chi connectivity index (χ2v) is 7.86. The van der Waals surface area contributed by atoms with Crippen LogP contribution < -0.4 is 24.8 Å². The van der Waals surface area contributed by atoms with Crippen LogP contribution in [0.5, 0.6) is 17.2 Å². The molecule has 2 aromatic rings. The molecule has 2 aliphatic rings. The van der Waals surface area contributed by atoms with Crippen LogP contribution in [0.15, 0.2) is 42.5 Å². The second kappa shape index (κ2) is 9.88. The fourth-order valence-corrected chi connectivity index (χ4v) is 3.87. The quantitative estimate of drug-likeness (QED) is 0.657. The number of hydrogen-bond acceptors (Lipinski definition) is 7. The van der Waals surface area contributed by atoms with Crippen LogP contribution in [-0.4, -0.2) is 75.3 Å². The minimum atomic E-state index is -0.721. The summed E-state index contributed by atoms with van der Waals surface area (Å²) in [6.07, 6.45) is 0. The Morgan fingerprint density at radius 3 is 2.59 bits per heavy atom. The molecule has 9 heteroatoms. The number of benzene rings is 2. The smallest absolute Gasteiger partial charge is 0.313 e. The van der Waals surface area contributed by atoms with E-state index < -0.39 is 11.8 Å². The molecule has 2 heterocycles. The highest BCUT2D eigenvalue weighted by atomic mass is 16.7. The van der Waals surface area contributed by atoms with Crippen molar-refractivity contribution in [1.29, 1.82) is 0 Å². The van der Waals surface area contributed by atoms with Gasteiger partial charge in [0.25, 0.3) is 0 Å². The Morgan fingerprint density at radius 1 is 1.03 bits per heavy atom. The van der Waals surface area contributed by atoms with E-state index in [1.165, 1.54) is 0 Å². The summed E-state index contributed by atoms with van der Waals surface area (Å²) < 4.78 is 16.1. The van der Waals surface area contributed by atoms with E-state index in [-0.39, 0.29) is 12.8 Å². The molecule has 0 bridgehead atoms. The van der Waals surface area contributed by atoms with Gasteiger partial charge in [-0.05, 0) is 36.9 Å². The highest BCUT2D eigenvalue weighted by molar-refractivity contribution is 6.39. The van der Waals surface area contributed by atoms with E-state index >= 15 is 0 Å². The number of nitrogens with one attached hydrogen (secondary N) is 2. The zero-order valence-electron chi connectivity index (χ0n) is 18.3. The minimum Gasteiger partial charge on any atom is -0.497 e. The lowest BCUT2D eigenvalue weighted by Gasteiger charge is -2.38. The van der Waals surface area contributed by atoms with Gasteiger partial charge in [-0.2, -0.15) is 0 Å². The molecule has 1 fully saturated rings. The van der Waals surface area contributed by atoms with Gasteiger partial charge in [-0.3, -0.25) is 14.5 Å². The van der Waals surface area contributed by atoms with Crippen LogP contribution >= 0.6 is 0 Å². The lowest BCUT2D eigenvalue weighted by molar-refractivity contribution is -0.136. The molecule has 32 heavy (non-hydrogen) atoms. The summed E-state index contributed by atoms with van der Waals surface area (Å²) in [4.78, 5) is 29.5. The van der Waals surface area contributed by atoms with Crippen LogP contribution in [0.2, 0.25) is 0 Å². The summed E-state index contributed by atoms with van der Waals surface area (Å²) in [6.45, 7) is 4.10. The Balaban J connectivity index is 1.43. The van der Waals surface area contributed by atoms with Gasteiger partial charge in [0, 0.05) is 44.5 Å². The number of ether oxygens (including phenoxy) is 3. The Kier molecular flexibility index (Phi) is 6.77. The molecular formula is C23H28N4O5. The van der Waals surface area contributed by atoms with Gasteiger partial charge in [0.2, 0.25) is 6.79 Å². The molecule has 0 aliphatic carbocycles. The third-order valence-electron chi connectivity index (χ3n) is 5.75. The number of piperazine rings is 1. The van der Waals surface area contributed by atoms with Crippen molar-refractivity contribution < 1.29 is 23.8 Å². The minimum absolute atomic E-state index is 0.0910. The maximum atomic E-state index is 12.5. The van der Waals surface area contributed by atoms with Crippen LogP contribution in [0.1, 0.15) is 11.6 Å². The molecule has 9 nitrogen and oxygen atoms in total. The molecule has 0 saturated carbocycles. The van der Waals surface area contributed by atoms with Crippen molar-refractivity contribution in [2.45, 2.75) is 6.04 Å². The van der Waals surface area contributed by atoms with Crippen LogP contribution in [-0.2, 0) is 9.59 Å². The summed E-state index contributed by atoms with van der Waals surface area (Å²) in [5.74, 6) is 0.603. The van der Waals surface area contributed by atoms with Crippen molar-refractivity contribution in [3.05, 3.63) is 48.0 Å². The van der Waals surface area contributed by atoms with Gasteiger partial charge in [-0.1, -0.05) is 12.1 Å². The average Bonchev–Trinajstić information content (AvgIpc) is 3.28. The van der Waals surface area contributed by atoms with E-state index in [0.717, 1.165) is 31.7 Å². The number of likely N-dealkylation sites (N-methyl/N-ethyl adjacent to an activating group) is 1. The maximum absolute atomic E-state index is 12.5. The Morgan fingerprint density at radius 2 is 1.81 bits per heavy atom. The molecule has 1 atom stereocenters. The Labute approximate surface area is 187 Å².